The molecule has 0 aliphatic carbocycles. The molecular weight excluding hydrogens is 277 g/mol. The van der Waals surface area contributed by atoms with Gasteiger partial charge in [0, 0.05) is 13.7 Å². The fraction of sp³-hybridized carbons (Fsp3) is 0.364. The molecule has 1 aromatic carbocycles. The Morgan fingerprint density at radius 2 is 2.05 bits per heavy atom. The van der Waals surface area contributed by atoms with Crippen LogP contribution in [0.5, 0.6) is 0 Å². The maximum absolute atomic E-state index is 13.5. The fourth-order valence-electron chi connectivity index (χ4n) is 1.42. The summed E-state index contributed by atoms with van der Waals surface area (Å²) in [4.78, 5) is 10.1. The van der Waals surface area contributed by atoms with Crippen molar-refractivity contribution in [2.75, 3.05) is 26.8 Å². The number of hydrogen-bond donors (Lipinski definition) is 1. The minimum absolute atomic E-state index is 0.0148. The molecule has 0 unspecified atom stereocenters. The highest BCUT2D eigenvalue weighted by molar-refractivity contribution is 7.89. The number of methoxy groups -OCH3 is 1. The van der Waals surface area contributed by atoms with E-state index in [0.717, 1.165) is 12.1 Å². The summed E-state index contributed by atoms with van der Waals surface area (Å²) < 4.78 is 43.2. The van der Waals surface area contributed by atoms with Crippen LogP contribution in [0, 0.1) is 5.82 Å². The molecule has 0 bridgehead atoms. The number of ether oxygens (including phenoxy) is 1. The van der Waals surface area contributed by atoms with Gasteiger partial charge in [0.2, 0.25) is 10.0 Å². The van der Waals surface area contributed by atoms with E-state index in [1.807, 2.05) is 0 Å². The minimum atomic E-state index is -4.20. The molecule has 0 amide bonds. The summed E-state index contributed by atoms with van der Waals surface area (Å²) in [6, 6.07) is 4.81. The highest BCUT2D eigenvalue weighted by atomic mass is 32.2. The van der Waals surface area contributed by atoms with Crippen LogP contribution >= 0.6 is 0 Å². The van der Waals surface area contributed by atoms with Crippen LogP contribution in [-0.2, 0) is 19.6 Å². The van der Waals surface area contributed by atoms with E-state index in [-0.39, 0.29) is 13.2 Å². The maximum atomic E-state index is 13.5. The number of rotatable bonds is 7. The molecule has 1 aromatic rings. The second-order valence-corrected chi connectivity index (χ2v) is 5.56. The molecular formula is C11H14FNO5S. The first-order valence-electron chi connectivity index (χ1n) is 5.35. The maximum Gasteiger partial charge on any atom is 0.318 e. The first kappa shape index (κ1) is 15.5. The molecule has 0 heterocycles. The Morgan fingerprint density at radius 1 is 1.42 bits per heavy atom. The highest BCUT2D eigenvalue weighted by Gasteiger charge is 2.28. The van der Waals surface area contributed by atoms with E-state index in [1.54, 1.807) is 0 Å². The third-order valence-corrected chi connectivity index (χ3v) is 4.19. The number of halogens is 1. The van der Waals surface area contributed by atoms with Crippen molar-refractivity contribution in [1.82, 2.24) is 4.31 Å². The number of benzene rings is 1. The summed E-state index contributed by atoms with van der Waals surface area (Å²) in [5, 5.41) is 8.72. The number of carboxylic acid groups (broad SMARTS) is 1. The first-order chi connectivity index (χ1) is 8.89. The molecule has 0 saturated heterocycles. The van der Waals surface area contributed by atoms with Crippen molar-refractivity contribution < 1.29 is 27.4 Å². The number of hydrogen-bond acceptors (Lipinski definition) is 4. The van der Waals surface area contributed by atoms with Crippen LogP contribution in [0.1, 0.15) is 0 Å². The van der Waals surface area contributed by atoms with Crippen LogP contribution in [0.25, 0.3) is 0 Å². The molecule has 19 heavy (non-hydrogen) atoms. The van der Waals surface area contributed by atoms with Crippen molar-refractivity contribution in [3.8, 4) is 0 Å². The van der Waals surface area contributed by atoms with Crippen LogP contribution in [0.15, 0.2) is 29.2 Å². The zero-order valence-electron chi connectivity index (χ0n) is 10.2. The van der Waals surface area contributed by atoms with E-state index in [1.165, 1.54) is 19.2 Å². The molecule has 0 radical (unpaired) electrons. The lowest BCUT2D eigenvalue weighted by atomic mass is 10.4. The number of carboxylic acids is 1. The normalized spacial score (nSPS) is 11.7. The third kappa shape index (κ3) is 3.98. The van der Waals surface area contributed by atoms with Crippen molar-refractivity contribution in [1.29, 1.82) is 0 Å². The molecule has 6 nitrogen and oxygen atoms in total. The van der Waals surface area contributed by atoms with Crippen LogP contribution in [0.2, 0.25) is 0 Å². The molecule has 0 spiro atoms. The largest absolute Gasteiger partial charge is 0.480 e. The van der Waals surface area contributed by atoms with E-state index in [4.69, 9.17) is 9.84 Å². The van der Waals surface area contributed by atoms with Crippen LogP contribution in [0.3, 0.4) is 0 Å². The Kier molecular flexibility index (Phi) is 5.40. The molecule has 8 heteroatoms. The Bertz CT molecular complexity index is 546. The van der Waals surface area contributed by atoms with Crippen molar-refractivity contribution in [3.63, 3.8) is 0 Å². The third-order valence-electron chi connectivity index (χ3n) is 2.31. The Hall–Kier alpha value is -1.51. The first-order valence-corrected chi connectivity index (χ1v) is 6.79. The Balaban J connectivity index is 3.12. The number of sulfonamides is 1. The zero-order chi connectivity index (χ0) is 14.5. The number of carbonyl (C=O) groups is 1. The molecule has 0 saturated carbocycles. The van der Waals surface area contributed by atoms with Gasteiger partial charge in [-0.1, -0.05) is 12.1 Å². The van der Waals surface area contributed by atoms with E-state index in [0.29, 0.717) is 4.31 Å². The van der Waals surface area contributed by atoms with Gasteiger partial charge in [0.05, 0.1) is 6.61 Å². The summed E-state index contributed by atoms with van der Waals surface area (Å²) in [5.41, 5.74) is 0. The second kappa shape index (κ2) is 6.60. The zero-order valence-corrected chi connectivity index (χ0v) is 11.1. The molecule has 0 atom stereocenters. The second-order valence-electron chi connectivity index (χ2n) is 3.66. The van der Waals surface area contributed by atoms with Crippen molar-refractivity contribution in [3.05, 3.63) is 30.1 Å². The SMILES string of the molecule is COCCN(CC(=O)O)S(=O)(=O)c1ccccc1F. The predicted molar refractivity (Wildman–Crippen MR) is 64.7 cm³/mol. The van der Waals surface area contributed by atoms with Gasteiger partial charge >= 0.3 is 5.97 Å². The van der Waals surface area contributed by atoms with E-state index >= 15 is 0 Å². The van der Waals surface area contributed by atoms with Crippen molar-refractivity contribution in [2.24, 2.45) is 0 Å². The van der Waals surface area contributed by atoms with Crippen LogP contribution in [-0.4, -0.2) is 50.6 Å². The summed E-state index contributed by atoms with van der Waals surface area (Å²) in [5.74, 6) is -2.24. The number of nitrogens with zero attached hydrogens (tertiary/aromatic N) is 1. The van der Waals surface area contributed by atoms with Gasteiger partial charge < -0.3 is 9.84 Å². The summed E-state index contributed by atoms with van der Waals surface area (Å²) in [6.07, 6.45) is 0. The quantitative estimate of drug-likeness (QED) is 0.793. The van der Waals surface area contributed by atoms with Gasteiger partial charge in [-0.05, 0) is 12.1 Å². The smallest absolute Gasteiger partial charge is 0.318 e. The molecule has 1 N–H and O–H groups in total. The van der Waals surface area contributed by atoms with Crippen molar-refractivity contribution in [2.45, 2.75) is 4.90 Å². The lowest BCUT2D eigenvalue weighted by molar-refractivity contribution is -0.137. The summed E-state index contributed by atoms with van der Waals surface area (Å²) in [7, 11) is -2.85. The van der Waals surface area contributed by atoms with Gasteiger partial charge in [0.1, 0.15) is 17.3 Å². The molecule has 1 rings (SSSR count). The van der Waals surface area contributed by atoms with E-state index in [2.05, 4.69) is 0 Å². The van der Waals surface area contributed by atoms with E-state index in [9.17, 15) is 17.6 Å². The lowest BCUT2D eigenvalue weighted by Crippen LogP contribution is -2.38. The molecule has 106 valence electrons. The monoisotopic (exact) mass is 291 g/mol. The van der Waals surface area contributed by atoms with Gasteiger partial charge in [0.15, 0.2) is 0 Å². The standard InChI is InChI=1S/C11H14FNO5S/c1-18-7-6-13(8-11(14)15)19(16,17)10-5-3-2-4-9(10)12/h2-5H,6-8H2,1H3,(H,14,15). The molecule has 0 aliphatic rings. The lowest BCUT2D eigenvalue weighted by Gasteiger charge is -2.20. The molecule has 0 aromatic heterocycles. The van der Waals surface area contributed by atoms with Gasteiger partial charge in [-0.3, -0.25) is 4.79 Å². The van der Waals surface area contributed by atoms with Gasteiger partial charge in [-0.2, -0.15) is 4.31 Å². The van der Waals surface area contributed by atoms with Crippen LogP contribution in [0.4, 0.5) is 4.39 Å². The summed E-state index contributed by atoms with van der Waals surface area (Å²) >= 11 is 0. The topological polar surface area (TPSA) is 83.9 Å². The Morgan fingerprint density at radius 3 is 2.58 bits per heavy atom. The fourth-order valence-corrected chi connectivity index (χ4v) is 2.86. The highest BCUT2D eigenvalue weighted by Crippen LogP contribution is 2.18. The minimum Gasteiger partial charge on any atom is -0.480 e. The average Bonchev–Trinajstić information content (AvgIpc) is 2.34. The number of aliphatic carboxylic acids is 1. The average molecular weight is 291 g/mol. The van der Waals surface area contributed by atoms with Gasteiger partial charge in [-0.25, -0.2) is 12.8 Å². The van der Waals surface area contributed by atoms with Gasteiger partial charge in [0.25, 0.3) is 0 Å². The van der Waals surface area contributed by atoms with Crippen LogP contribution < -0.4 is 0 Å². The van der Waals surface area contributed by atoms with Crippen molar-refractivity contribution >= 4 is 16.0 Å². The van der Waals surface area contributed by atoms with Gasteiger partial charge in [-0.15, -0.1) is 0 Å². The van der Waals surface area contributed by atoms with E-state index < -0.39 is 33.3 Å². The Labute approximate surface area is 110 Å². The molecule has 0 aliphatic heterocycles. The summed E-state index contributed by atoms with van der Waals surface area (Å²) in [6.45, 7) is -0.902. The molecule has 0 fully saturated rings. The predicted octanol–water partition coefficient (Wildman–Crippen LogP) is 0.547.